The van der Waals surface area contributed by atoms with Crippen LogP contribution < -0.4 is 10.1 Å². The van der Waals surface area contributed by atoms with Crippen LogP contribution in [0.2, 0.25) is 0 Å². The van der Waals surface area contributed by atoms with E-state index in [2.05, 4.69) is 15.2 Å². The van der Waals surface area contributed by atoms with Crippen LogP contribution in [0.15, 0.2) is 24.3 Å². The van der Waals surface area contributed by atoms with E-state index in [0.29, 0.717) is 17.7 Å². The molecule has 1 amide bonds. The minimum absolute atomic E-state index is 0.0262. The number of carbonyl (C=O) groups is 1. The highest BCUT2D eigenvalue weighted by Crippen LogP contribution is 2.28. The molecule has 6 nitrogen and oxygen atoms in total. The van der Waals surface area contributed by atoms with E-state index in [9.17, 15) is 18.0 Å². The van der Waals surface area contributed by atoms with Crippen LogP contribution in [-0.4, -0.2) is 57.6 Å². The number of benzene rings is 1. The van der Waals surface area contributed by atoms with E-state index in [1.165, 1.54) is 12.1 Å². The smallest absolute Gasteiger partial charge is 0.405 e. The Morgan fingerprint density at radius 3 is 2.77 bits per heavy atom. The molecular formula is C21H25F3N4O2S. The van der Waals surface area contributed by atoms with Crippen molar-refractivity contribution < 1.29 is 22.7 Å². The molecule has 1 saturated heterocycles. The summed E-state index contributed by atoms with van der Waals surface area (Å²) in [4.78, 5) is 14.9. The Bertz CT molecular complexity index is 941. The summed E-state index contributed by atoms with van der Waals surface area (Å²) >= 11 is 1.84. The number of nitrogens with one attached hydrogen (secondary N) is 1. The molecule has 0 spiro atoms. The Balaban J connectivity index is 1.45. The summed E-state index contributed by atoms with van der Waals surface area (Å²) in [6.45, 7) is 1.71. The van der Waals surface area contributed by atoms with Crippen molar-refractivity contribution in [2.24, 2.45) is 7.05 Å². The zero-order valence-corrected chi connectivity index (χ0v) is 18.1. The van der Waals surface area contributed by atoms with Crippen LogP contribution in [0.1, 0.15) is 33.7 Å². The van der Waals surface area contributed by atoms with Crippen LogP contribution in [0, 0.1) is 0 Å². The molecule has 10 heteroatoms. The van der Waals surface area contributed by atoms with Crippen molar-refractivity contribution in [3.63, 3.8) is 0 Å². The van der Waals surface area contributed by atoms with E-state index >= 15 is 0 Å². The first-order chi connectivity index (χ1) is 14.8. The molecule has 1 N–H and O–H groups in total. The van der Waals surface area contributed by atoms with Crippen molar-refractivity contribution in [3.05, 3.63) is 46.8 Å². The second-order valence-corrected chi connectivity index (χ2v) is 9.00. The second kappa shape index (κ2) is 9.12. The fourth-order valence-electron chi connectivity index (χ4n) is 4.18. The summed E-state index contributed by atoms with van der Waals surface area (Å²) in [6.07, 6.45) is -2.52. The third-order valence-electron chi connectivity index (χ3n) is 5.74. The fourth-order valence-corrected chi connectivity index (χ4v) is 5.08. The van der Waals surface area contributed by atoms with Crippen molar-refractivity contribution in [1.82, 2.24) is 20.0 Å². The maximum Gasteiger partial charge on any atom is 0.573 e. The van der Waals surface area contributed by atoms with Crippen molar-refractivity contribution in [1.29, 1.82) is 0 Å². The van der Waals surface area contributed by atoms with E-state index in [-0.39, 0.29) is 24.2 Å². The molecule has 2 aromatic rings. The van der Waals surface area contributed by atoms with Gasteiger partial charge in [-0.05, 0) is 25.3 Å². The molecule has 0 bridgehead atoms. The standard InChI is InChI=1S/C21H25F3N4O2S/c1-27-17-7-6-15(25-13-14-4-2-3-5-18(14)30-21(22,23)24)12-16(17)19(26-27)20(29)28-8-10-31-11-9-28/h2-5,15,25H,6-13H2,1H3/t15-/m0/s1. The predicted molar refractivity (Wildman–Crippen MR) is 112 cm³/mol. The number of alkyl halides is 3. The first kappa shape index (κ1) is 22.0. The van der Waals surface area contributed by atoms with Gasteiger partial charge in [0, 0.05) is 61.1 Å². The van der Waals surface area contributed by atoms with Gasteiger partial charge in [-0.25, -0.2) is 0 Å². The zero-order chi connectivity index (χ0) is 22.0. The number of aryl methyl sites for hydroxylation is 1. The molecule has 0 unspecified atom stereocenters. The average Bonchev–Trinajstić information content (AvgIpc) is 3.08. The lowest BCUT2D eigenvalue weighted by Crippen LogP contribution is -2.39. The summed E-state index contributed by atoms with van der Waals surface area (Å²) in [6, 6.07) is 6.19. The molecule has 2 aliphatic rings. The van der Waals surface area contributed by atoms with Gasteiger partial charge in [-0.1, -0.05) is 18.2 Å². The number of amides is 1. The highest BCUT2D eigenvalue weighted by Gasteiger charge is 2.33. The number of thioether (sulfide) groups is 1. The topological polar surface area (TPSA) is 59.4 Å². The van der Waals surface area contributed by atoms with Crippen molar-refractivity contribution in [3.8, 4) is 5.75 Å². The van der Waals surface area contributed by atoms with Crippen LogP contribution in [-0.2, 0) is 26.4 Å². The molecule has 168 valence electrons. The molecule has 0 radical (unpaired) electrons. The predicted octanol–water partition coefficient (Wildman–Crippen LogP) is 3.15. The van der Waals surface area contributed by atoms with Crippen molar-refractivity contribution >= 4 is 17.7 Å². The summed E-state index contributed by atoms with van der Waals surface area (Å²) in [5.74, 6) is 1.65. The van der Waals surface area contributed by atoms with Gasteiger partial charge in [0.25, 0.3) is 5.91 Å². The molecule has 0 saturated carbocycles. The van der Waals surface area contributed by atoms with Crippen molar-refractivity contribution in [2.75, 3.05) is 24.6 Å². The fraction of sp³-hybridized carbons (Fsp3) is 0.524. The molecule has 1 aliphatic heterocycles. The summed E-state index contributed by atoms with van der Waals surface area (Å²) < 4.78 is 43.9. The van der Waals surface area contributed by atoms with Crippen LogP contribution >= 0.6 is 11.8 Å². The number of hydrogen-bond acceptors (Lipinski definition) is 5. The van der Waals surface area contributed by atoms with E-state index in [1.54, 1.807) is 16.8 Å². The quantitative estimate of drug-likeness (QED) is 0.752. The maximum absolute atomic E-state index is 13.0. The van der Waals surface area contributed by atoms with Crippen LogP contribution in [0.4, 0.5) is 13.2 Å². The van der Waals surface area contributed by atoms with Crippen molar-refractivity contribution in [2.45, 2.75) is 38.2 Å². The van der Waals surface area contributed by atoms with Gasteiger partial charge in [0.15, 0.2) is 5.69 Å². The Kier molecular flexibility index (Phi) is 6.47. The zero-order valence-electron chi connectivity index (χ0n) is 17.2. The molecule has 4 rings (SSSR count). The average molecular weight is 455 g/mol. The molecule has 31 heavy (non-hydrogen) atoms. The van der Waals surface area contributed by atoms with Gasteiger partial charge < -0.3 is 15.0 Å². The van der Waals surface area contributed by atoms with Gasteiger partial charge in [-0.2, -0.15) is 16.9 Å². The van der Waals surface area contributed by atoms with Crippen LogP contribution in [0.25, 0.3) is 0 Å². The Labute approximate surface area is 183 Å². The highest BCUT2D eigenvalue weighted by atomic mass is 32.2. The van der Waals surface area contributed by atoms with E-state index in [0.717, 1.165) is 48.7 Å². The van der Waals surface area contributed by atoms with Gasteiger partial charge in [-0.15, -0.1) is 13.2 Å². The lowest BCUT2D eigenvalue weighted by Gasteiger charge is -2.27. The number of aromatic nitrogens is 2. The first-order valence-corrected chi connectivity index (χ1v) is 11.5. The number of hydrogen-bond donors (Lipinski definition) is 1. The number of rotatable bonds is 5. The number of para-hydroxylation sites is 1. The second-order valence-electron chi connectivity index (χ2n) is 7.78. The maximum atomic E-state index is 13.0. The summed E-state index contributed by atoms with van der Waals surface area (Å²) in [5, 5.41) is 7.87. The van der Waals surface area contributed by atoms with E-state index < -0.39 is 6.36 Å². The van der Waals surface area contributed by atoms with Gasteiger partial charge in [0.05, 0.1) is 0 Å². The molecule has 1 aromatic heterocycles. The molecule has 1 aliphatic carbocycles. The monoisotopic (exact) mass is 454 g/mol. The number of nitrogens with zero attached hydrogens (tertiary/aromatic N) is 3. The Morgan fingerprint density at radius 2 is 2.03 bits per heavy atom. The lowest BCUT2D eigenvalue weighted by atomic mass is 9.91. The molecule has 1 atom stereocenters. The summed E-state index contributed by atoms with van der Waals surface area (Å²) in [5.41, 5.74) is 2.97. The van der Waals surface area contributed by atoms with Crippen LogP contribution in [0.5, 0.6) is 5.75 Å². The summed E-state index contributed by atoms with van der Waals surface area (Å²) in [7, 11) is 1.86. The number of fused-ring (bicyclic) bond motifs is 1. The van der Waals surface area contributed by atoms with Gasteiger partial charge in [0.1, 0.15) is 5.75 Å². The third kappa shape index (κ3) is 5.17. The van der Waals surface area contributed by atoms with E-state index in [1.807, 2.05) is 23.7 Å². The number of ether oxygens (including phenoxy) is 1. The molecule has 1 aromatic carbocycles. The van der Waals surface area contributed by atoms with Gasteiger partial charge >= 0.3 is 6.36 Å². The molecule has 1 fully saturated rings. The normalized spacial score (nSPS) is 19.2. The minimum atomic E-state index is -4.73. The highest BCUT2D eigenvalue weighted by molar-refractivity contribution is 7.99. The first-order valence-electron chi connectivity index (χ1n) is 10.3. The SMILES string of the molecule is Cn1nc(C(=O)N2CCSCC2)c2c1CC[C@H](NCc1ccccc1OC(F)(F)F)C2. The largest absolute Gasteiger partial charge is 0.573 e. The third-order valence-corrected chi connectivity index (χ3v) is 6.68. The molecular weight excluding hydrogens is 429 g/mol. The molecule has 2 heterocycles. The Morgan fingerprint density at radius 1 is 1.29 bits per heavy atom. The number of halogens is 3. The minimum Gasteiger partial charge on any atom is -0.405 e. The van der Waals surface area contributed by atoms with Gasteiger partial charge in [-0.3, -0.25) is 9.48 Å². The Hall–Kier alpha value is -2.20. The van der Waals surface area contributed by atoms with E-state index in [4.69, 9.17) is 0 Å². The number of carbonyl (C=O) groups excluding carboxylic acids is 1. The lowest BCUT2D eigenvalue weighted by molar-refractivity contribution is -0.274. The van der Waals surface area contributed by atoms with Gasteiger partial charge in [0.2, 0.25) is 0 Å². The van der Waals surface area contributed by atoms with Crippen LogP contribution in [0.3, 0.4) is 0 Å².